The second-order valence-corrected chi connectivity index (χ2v) is 9.16. The molecule has 3 rings (SSSR count). The number of nitrogens with zero attached hydrogens (tertiary/aromatic N) is 1. The highest BCUT2D eigenvalue weighted by atomic mass is 16.5. The van der Waals surface area contributed by atoms with Gasteiger partial charge in [0.1, 0.15) is 11.3 Å². The molecule has 0 bridgehead atoms. The fourth-order valence-electron chi connectivity index (χ4n) is 4.57. The number of hydrogen-bond acceptors (Lipinski definition) is 6. The summed E-state index contributed by atoms with van der Waals surface area (Å²) < 4.78 is 10.9. The number of fused-ring (bicyclic) bond motifs is 1. The third-order valence-corrected chi connectivity index (χ3v) is 6.63. The van der Waals surface area contributed by atoms with Crippen LogP contribution in [0.1, 0.15) is 55.2 Å². The quantitative estimate of drug-likeness (QED) is 0.391. The number of ether oxygens (including phenoxy) is 1. The molecule has 0 radical (unpaired) electrons. The molecular weight excluding hydrogens is 452 g/mol. The number of benzene rings is 1. The fourth-order valence-corrected chi connectivity index (χ4v) is 4.57. The monoisotopic (exact) mass is 486 g/mol. The number of carboxylic acids is 1. The minimum atomic E-state index is -0.786. The molecule has 0 saturated carbocycles. The van der Waals surface area contributed by atoms with Crippen molar-refractivity contribution in [3.8, 4) is 5.75 Å². The number of carbonyl (C=O) groups excluding carboxylic acids is 2. The minimum Gasteiger partial charge on any atom is -0.496 e. The smallest absolute Gasteiger partial charge is 0.340 e. The third kappa shape index (κ3) is 6.61. The molecule has 0 spiro atoms. The zero-order chi connectivity index (χ0) is 25.5. The number of unbranched alkanes of at least 4 members (excludes halogenated alkanes) is 2. The maximum absolute atomic E-state index is 12.5. The highest BCUT2D eigenvalue weighted by Gasteiger charge is 2.26. The highest BCUT2D eigenvalue weighted by Crippen LogP contribution is 2.30. The number of nitrogens with one attached hydrogen (secondary N) is 1. The molecule has 1 aromatic carbocycles. The standard InChI is InChI=1S/C26H34N2O7/c1-16-13-20(34-3)24-17(2)19(26(33)35-21(24)14-16)15-22(29)27-10-6-4-5-7-23(30)28-11-8-18(9-12-28)25(31)32/h13-14,18H,4-12,15H2,1-3H3,(H,27,29)(H,31,32). The predicted molar refractivity (Wildman–Crippen MR) is 131 cm³/mol. The van der Waals surface area contributed by atoms with E-state index in [9.17, 15) is 19.2 Å². The van der Waals surface area contributed by atoms with Gasteiger partial charge in [-0.1, -0.05) is 6.42 Å². The third-order valence-electron chi connectivity index (χ3n) is 6.63. The van der Waals surface area contributed by atoms with Gasteiger partial charge in [-0.15, -0.1) is 0 Å². The van der Waals surface area contributed by atoms with Crippen LogP contribution in [-0.4, -0.2) is 54.5 Å². The lowest BCUT2D eigenvalue weighted by Gasteiger charge is -2.30. The Hall–Kier alpha value is -3.36. The molecule has 1 saturated heterocycles. The van der Waals surface area contributed by atoms with Crippen molar-refractivity contribution in [3.63, 3.8) is 0 Å². The summed E-state index contributed by atoms with van der Waals surface area (Å²) in [7, 11) is 1.56. The van der Waals surface area contributed by atoms with Gasteiger partial charge in [-0.25, -0.2) is 4.79 Å². The van der Waals surface area contributed by atoms with Crippen molar-refractivity contribution in [1.29, 1.82) is 0 Å². The van der Waals surface area contributed by atoms with Crippen LogP contribution in [0.2, 0.25) is 0 Å². The zero-order valence-corrected chi connectivity index (χ0v) is 20.6. The van der Waals surface area contributed by atoms with E-state index in [4.69, 9.17) is 14.3 Å². The Morgan fingerprint density at radius 2 is 1.86 bits per heavy atom. The molecule has 9 nitrogen and oxygen atoms in total. The molecule has 0 unspecified atom stereocenters. The van der Waals surface area contributed by atoms with Crippen LogP contribution in [0, 0.1) is 19.8 Å². The van der Waals surface area contributed by atoms with Crippen LogP contribution in [0.25, 0.3) is 11.0 Å². The topological polar surface area (TPSA) is 126 Å². The van der Waals surface area contributed by atoms with E-state index in [1.54, 1.807) is 25.0 Å². The van der Waals surface area contributed by atoms with Gasteiger partial charge in [0.15, 0.2) is 0 Å². The molecule has 9 heteroatoms. The molecule has 0 atom stereocenters. The Balaban J connectivity index is 1.42. The molecule has 1 aromatic heterocycles. The first kappa shape index (κ1) is 26.2. The number of rotatable bonds is 10. The number of methoxy groups -OCH3 is 1. The van der Waals surface area contributed by atoms with E-state index in [1.165, 1.54) is 0 Å². The van der Waals surface area contributed by atoms with Crippen LogP contribution in [0.5, 0.6) is 5.75 Å². The molecule has 2 aromatic rings. The summed E-state index contributed by atoms with van der Waals surface area (Å²) in [4.78, 5) is 50.0. The Morgan fingerprint density at radius 1 is 1.14 bits per heavy atom. The van der Waals surface area contributed by atoms with Crippen molar-refractivity contribution in [2.75, 3.05) is 26.7 Å². The summed E-state index contributed by atoms with van der Waals surface area (Å²) in [5.74, 6) is -0.738. The van der Waals surface area contributed by atoms with Gasteiger partial charge in [0.2, 0.25) is 11.8 Å². The summed E-state index contributed by atoms with van der Waals surface area (Å²) in [6.45, 7) is 5.14. The van der Waals surface area contributed by atoms with Gasteiger partial charge >= 0.3 is 11.6 Å². The van der Waals surface area contributed by atoms with Gasteiger partial charge in [0.25, 0.3) is 0 Å². The van der Waals surface area contributed by atoms with Crippen LogP contribution in [-0.2, 0) is 20.8 Å². The van der Waals surface area contributed by atoms with E-state index in [2.05, 4.69) is 5.32 Å². The average molecular weight is 487 g/mol. The lowest BCUT2D eigenvalue weighted by molar-refractivity contribution is -0.145. The molecule has 1 aliphatic heterocycles. The Bertz CT molecular complexity index is 1150. The van der Waals surface area contributed by atoms with Crippen LogP contribution in [0.3, 0.4) is 0 Å². The average Bonchev–Trinajstić information content (AvgIpc) is 2.82. The number of hydrogen-bond donors (Lipinski definition) is 2. The van der Waals surface area contributed by atoms with Gasteiger partial charge in [0, 0.05) is 26.1 Å². The van der Waals surface area contributed by atoms with E-state index < -0.39 is 11.6 Å². The maximum Gasteiger partial charge on any atom is 0.340 e. The minimum absolute atomic E-state index is 0.0574. The molecule has 1 fully saturated rings. The number of aryl methyl sites for hydroxylation is 2. The lowest BCUT2D eigenvalue weighted by Crippen LogP contribution is -2.40. The SMILES string of the molecule is COc1cc(C)cc2oc(=O)c(CC(=O)NCCCCCC(=O)N3CCC(C(=O)O)CC3)c(C)c12. The van der Waals surface area contributed by atoms with Gasteiger partial charge in [-0.05, 0) is 62.8 Å². The molecular formula is C26H34N2O7. The first-order valence-corrected chi connectivity index (χ1v) is 12.1. The molecule has 0 aliphatic carbocycles. The van der Waals surface area contributed by atoms with Crippen LogP contribution < -0.4 is 15.7 Å². The van der Waals surface area contributed by atoms with Crippen LogP contribution >= 0.6 is 0 Å². The van der Waals surface area contributed by atoms with Gasteiger partial charge < -0.3 is 24.5 Å². The Labute approximate surface area is 204 Å². The number of carbonyl (C=O) groups is 3. The number of amides is 2. The second kappa shape index (κ2) is 11.9. The van der Waals surface area contributed by atoms with Crippen molar-refractivity contribution >= 4 is 28.8 Å². The molecule has 2 heterocycles. The van der Waals surface area contributed by atoms with E-state index in [-0.39, 0.29) is 24.2 Å². The molecule has 2 N–H and O–H groups in total. The fraction of sp³-hybridized carbons (Fsp3) is 0.538. The summed E-state index contributed by atoms with van der Waals surface area (Å²) in [6.07, 6.45) is 3.57. The van der Waals surface area contributed by atoms with Gasteiger partial charge in [0.05, 0.1) is 30.4 Å². The largest absolute Gasteiger partial charge is 0.496 e. The van der Waals surface area contributed by atoms with E-state index in [0.29, 0.717) is 73.2 Å². The van der Waals surface area contributed by atoms with Crippen molar-refractivity contribution in [3.05, 3.63) is 39.2 Å². The summed E-state index contributed by atoms with van der Waals surface area (Å²) >= 11 is 0. The summed E-state index contributed by atoms with van der Waals surface area (Å²) in [6, 6.07) is 3.64. The lowest BCUT2D eigenvalue weighted by atomic mass is 9.97. The molecule has 1 aliphatic rings. The summed E-state index contributed by atoms with van der Waals surface area (Å²) in [5.41, 5.74) is 1.81. The normalized spacial score (nSPS) is 14.2. The number of carboxylic acid groups (broad SMARTS) is 1. The summed E-state index contributed by atoms with van der Waals surface area (Å²) in [5, 5.41) is 12.6. The predicted octanol–water partition coefficient (Wildman–Crippen LogP) is 2.96. The molecule has 2 amide bonds. The van der Waals surface area contributed by atoms with Crippen molar-refractivity contribution in [1.82, 2.24) is 10.2 Å². The maximum atomic E-state index is 12.5. The van der Waals surface area contributed by atoms with E-state index in [0.717, 1.165) is 18.4 Å². The second-order valence-electron chi connectivity index (χ2n) is 9.16. The molecule has 190 valence electrons. The van der Waals surface area contributed by atoms with E-state index in [1.807, 2.05) is 13.0 Å². The Kier molecular flexibility index (Phi) is 8.89. The first-order chi connectivity index (χ1) is 16.7. The number of likely N-dealkylation sites (tertiary alicyclic amines) is 1. The van der Waals surface area contributed by atoms with Crippen molar-refractivity contribution in [2.45, 2.75) is 58.8 Å². The molecule has 35 heavy (non-hydrogen) atoms. The zero-order valence-electron chi connectivity index (χ0n) is 20.6. The first-order valence-electron chi connectivity index (χ1n) is 12.1. The van der Waals surface area contributed by atoms with Crippen molar-refractivity contribution < 1.29 is 28.6 Å². The van der Waals surface area contributed by atoms with E-state index >= 15 is 0 Å². The Morgan fingerprint density at radius 3 is 2.51 bits per heavy atom. The number of aliphatic carboxylic acids is 1. The van der Waals surface area contributed by atoms with Crippen LogP contribution in [0.4, 0.5) is 0 Å². The van der Waals surface area contributed by atoms with Gasteiger partial charge in [-0.2, -0.15) is 0 Å². The highest BCUT2D eigenvalue weighted by molar-refractivity contribution is 5.89. The number of piperidine rings is 1. The van der Waals surface area contributed by atoms with Crippen LogP contribution in [0.15, 0.2) is 21.3 Å². The van der Waals surface area contributed by atoms with Crippen molar-refractivity contribution in [2.24, 2.45) is 5.92 Å². The van der Waals surface area contributed by atoms with Gasteiger partial charge in [-0.3, -0.25) is 14.4 Å².